The maximum Gasteiger partial charge on any atom is 0.119 e. The van der Waals surface area contributed by atoms with Gasteiger partial charge in [-0.1, -0.05) is 29.5 Å². The average Bonchev–Trinajstić information content (AvgIpc) is 3.08. The first-order valence-electron chi connectivity index (χ1n) is 6.69. The molecule has 1 N–H and O–H groups in total. The summed E-state index contributed by atoms with van der Waals surface area (Å²) in [6, 6.07) is 16.0. The van der Waals surface area contributed by atoms with Gasteiger partial charge in [0.25, 0.3) is 0 Å². The number of methoxy groups -OCH3 is 1. The third kappa shape index (κ3) is 3.02. The molecule has 0 fully saturated rings. The molecule has 0 saturated heterocycles. The molecule has 0 bridgehead atoms. The number of rotatable bonds is 5. The molecule has 0 radical (unpaired) electrons. The van der Waals surface area contributed by atoms with E-state index in [1.54, 1.807) is 18.0 Å². The normalized spacial score (nSPS) is 10.3. The fraction of sp³-hybridized carbons (Fsp3) is 0.125. The van der Waals surface area contributed by atoms with E-state index in [2.05, 4.69) is 21.7 Å². The molecule has 5 heteroatoms. The minimum absolute atomic E-state index is 0.711. The van der Waals surface area contributed by atoms with Crippen LogP contribution in [0.5, 0.6) is 5.75 Å². The Kier molecular flexibility index (Phi) is 3.82. The van der Waals surface area contributed by atoms with Gasteiger partial charge in [-0.25, -0.2) is 4.68 Å². The molecule has 21 heavy (non-hydrogen) atoms. The number of benzene rings is 2. The van der Waals surface area contributed by atoms with Crippen molar-refractivity contribution in [2.45, 2.75) is 6.54 Å². The summed E-state index contributed by atoms with van der Waals surface area (Å²) < 4.78 is 6.98. The van der Waals surface area contributed by atoms with Gasteiger partial charge in [0.05, 0.1) is 30.9 Å². The summed E-state index contributed by atoms with van der Waals surface area (Å²) in [4.78, 5) is 0. The maximum atomic E-state index is 5.24. The van der Waals surface area contributed by atoms with Crippen LogP contribution < -0.4 is 10.1 Å². The molecule has 106 valence electrons. The van der Waals surface area contributed by atoms with Crippen molar-refractivity contribution in [1.82, 2.24) is 15.0 Å². The van der Waals surface area contributed by atoms with Crippen LogP contribution in [0.4, 0.5) is 5.69 Å². The van der Waals surface area contributed by atoms with Crippen molar-refractivity contribution >= 4 is 5.69 Å². The molecule has 0 unspecified atom stereocenters. The minimum atomic E-state index is 0.711. The Morgan fingerprint density at radius 3 is 2.86 bits per heavy atom. The number of hydrogen-bond donors (Lipinski definition) is 1. The monoisotopic (exact) mass is 280 g/mol. The van der Waals surface area contributed by atoms with Crippen molar-refractivity contribution in [1.29, 1.82) is 0 Å². The largest absolute Gasteiger partial charge is 0.497 e. The molecule has 1 aromatic heterocycles. The summed E-state index contributed by atoms with van der Waals surface area (Å²) in [7, 11) is 1.67. The van der Waals surface area contributed by atoms with Crippen LogP contribution in [0.1, 0.15) is 5.56 Å². The van der Waals surface area contributed by atoms with Crippen molar-refractivity contribution in [3.05, 3.63) is 66.5 Å². The van der Waals surface area contributed by atoms with Gasteiger partial charge in [-0.15, -0.1) is 5.10 Å². The first kappa shape index (κ1) is 13.2. The van der Waals surface area contributed by atoms with Gasteiger partial charge in [0, 0.05) is 6.54 Å². The fourth-order valence-corrected chi connectivity index (χ4v) is 2.14. The third-order valence-corrected chi connectivity index (χ3v) is 3.19. The van der Waals surface area contributed by atoms with Gasteiger partial charge in [-0.3, -0.25) is 0 Å². The van der Waals surface area contributed by atoms with Gasteiger partial charge in [-0.05, 0) is 29.8 Å². The molecule has 0 aliphatic heterocycles. The zero-order chi connectivity index (χ0) is 14.5. The lowest BCUT2D eigenvalue weighted by molar-refractivity contribution is 0.414. The second kappa shape index (κ2) is 6.09. The predicted octanol–water partition coefficient (Wildman–Crippen LogP) is 2.89. The molecule has 0 spiro atoms. The molecule has 0 amide bonds. The molecule has 3 rings (SSSR count). The van der Waals surface area contributed by atoms with Gasteiger partial charge < -0.3 is 10.1 Å². The van der Waals surface area contributed by atoms with E-state index in [1.165, 1.54) is 0 Å². The molecule has 5 nitrogen and oxygen atoms in total. The Morgan fingerprint density at radius 1 is 1.14 bits per heavy atom. The first-order valence-corrected chi connectivity index (χ1v) is 6.69. The fourth-order valence-electron chi connectivity index (χ4n) is 2.14. The smallest absolute Gasteiger partial charge is 0.119 e. The Bertz CT molecular complexity index is 710. The Hall–Kier alpha value is -2.82. The highest BCUT2D eigenvalue weighted by atomic mass is 16.5. The van der Waals surface area contributed by atoms with Crippen LogP contribution in [0, 0.1) is 0 Å². The second-order valence-corrected chi connectivity index (χ2v) is 4.57. The van der Waals surface area contributed by atoms with Crippen LogP contribution in [0.25, 0.3) is 5.69 Å². The van der Waals surface area contributed by atoms with Crippen molar-refractivity contribution < 1.29 is 4.74 Å². The van der Waals surface area contributed by atoms with Crippen molar-refractivity contribution in [3.8, 4) is 11.4 Å². The molecule has 0 saturated carbocycles. The van der Waals surface area contributed by atoms with Crippen molar-refractivity contribution in [2.75, 3.05) is 12.4 Å². The third-order valence-electron chi connectivity index (χ3n) is 3.19. The molecular weight excluding hydrogens is 264 g/mol. The van der Waals surface area contributed by atoms with Crippen LogP contribution in [-0.4, -0.2) is 22.1 Å². The molecule has 1 heterocycles. The van der Waals surface area contributed by atoms with Crippen molar-refractivity contribution in [2.24, 2.45) is 0 Å². The van der Waals surface area contributed by atoms with E-state index in [1.807, 2.05) is 48.7 Å². The standard InChI is InChI=1S/C16H16N4O/c1-21-14-6-4-5-13(11-14)12-17-15-7-2-3-8-16(15)20-10-9-18-19-20/h2-11,17H,12H2,1H3. The highest BCUT2D eigenvalue weighted by Crippen LogP contribution is 2.20. The number of para-hydroxylation sites is 2. The lowest BCUT2D eigenvalue weighted by atomic mass is 10.2. The molecule has 2 aromatic carbocycles. The average molecular weight is 280 g/mol. The summed E-state index contributed by atoms with van der Waals surface area (Å²) in [5.41, 5.74) is 3.13. The van der Waals surface area contributed by atoms with E-state index in [0.29, 0.717) is 6.54 Å². The van der Waals surface area contributed by atoms with Crippen LogP contribution in [0.2, 0.25) is 0 Å². The predicted molar refractivity (Wildman–Crippen MR) is 81.7 cm³/mol. The van der Waals surface area contributed by atoms with E-state index in [-0.39, 0.29) is 0 Å². The van der Waals surface area contributed by atoms with Gasteiger partial charge in [0.15, 0.2) is 0 Å². The topological polar surface area (TPSA) is 52.0 Å². The SMILES string of the molecule is COc1cccc(CNc2ccccc2-n2ccnn2)c1. The van der Waals surface area contributed by atoms with Crippen LogP contribution in [-0.2, 0) is 6.54 Å². The van der Waals surface area contributed by atoms with Crippen molar-refractivity contribution in [3.63, 3.8) is 0 Å². The summed E-state index contributed by atoms with van der Waals surface area (Å²) in [5.74, 6) is 0.860. The quantitative estimate of drug-likeness (QED) is 0.780. The molecular formula is C16H16N4O. The van der Waals surface area contributed by atoms with E-state index in [4.69, 9.17) is 4.74 Å². The highest BCUT2D eigenvalue weighted by molar-refractivity contribution is 5.60. The summed E-state index contributed by atoms with van der Waals surface area (Å²) >= 11 is 0. The Balaban J connectivity index is 1.79. The number of aromatic nitrogens is 3. The van der Waals surface area contributed by atoms with E-state index in [0.717, 1.165) is 22.7 Å². The van der Waals surface area contributed by atoms with Crippen LogP contribution >= 0.6 is 0 Å². The number of nitrogens with zero attached hydrogens (tertiary/aromatic N) is 3. The summed E-state index contributed by atoms with van der Waals surface area (Å²) in [6.45, 7) is 0.711. The van der Waals surface area contributed by atoms with E-state index < -0.39 is 0 Å². The van der Waals surface area contributed by atoms with Gasteiger partial charge in [0.1, 0.15) is 5.75 Å². The van der Waals surface area contributed by atoms with Crippen LogP contribution in [0.3, 0.4) is 0 Å². The summed E-state index contributed by atoms with van der Waals surface area (Å²) in [6.07, 6.45) is 3.49. The number of hydrogen-bond acceptors (Lipinski definition) is 4. The molecule has 0 aliphatic carbocycles. The Morgan fingerprint density at radius 2 is 2.05 bits per heavy atom. The number of nitrogens with one attached hydrogen (secondary N) is 1. The highest BCUT2D eigenvalue weighted by Gasteiger charge is 2.04. The summed E-state index contributed by atoms with van der Waals surface area (Å²) in [5, 5.41) is 11.3. The minimum Gasteiger partial charge on any atom is -0.497 e. The second-order valence-electron chi connectivity index (χ2n) is 4.57. The zero-order valence-corrected chi connectivity index (χ0v) is 11.7. The van der Waals surface area contributed by atoms with E-state index in [9.17, 15) is 0 Å². The molecule has 0 aliphatic rings. The number of anilines is 1. The molecule has 0 atom stereocenters. The van der Waals surface area contributed by atoms with Crippen LogP contribution in [0.15, 0.2) is 60.9 Å². The zero-order valence-electron chi connectivity index (χ0n) is 11.7. The maximum absolute atomic E-state index is 5.24. The van der Waals surface area contributed by atoms with Gasteiger partial charge >= 0.3 is 0 Å². The van der Waals surface area contributed by atoms with Gasteiger partial charge in [-0.2, -0.15) is 0 Å². The van der Waals surface area contributed by atoms with Gasteiger partial charge in [0.2, 0.25) is 0 Å². The lowest BCUT2D eigenvalue weighted by Crippen LogP contribution is -2.05. The number of ether oxygens (including phenoxy) is 1. The van der Waals surface area contributed by atoms with E-state index >= 15 is 0 Å². The lowest BCUT2D eigenvalue weighted by Gasteiger charge is -2.12. The molecule has 3 aromatic rings. The first-order chi connectivity index (χ1) is 10.4. The Labute approximate surface area is 123 Å².